The number of nitrogens with zero attached hydrogens (tertiary/aromatic N) is 2. The summed E-state index contributed by atoms with van der Waals surface area (Å²) in [6.45, 7) is 2.71. The third-order valence-electron chi connectivity index (χ3n) is 4.83. The van der Waals surface area contributed by atoms with Crippen LogP contribution in [0.4, 0.5) is 5.69 Å². The second kappa shape index (κ2) is 6.78. The van der Waals surface area contributed by atoms with E-state index in [0.29, 0.717) is 34.9 Å². The first-order valence-electron chi connectivity index (χ1n) is 8.40. The molecule has 1 heterocycles. The van der Waals surface area contributed by atoms with Gasteiger partial charge in [0.1, 0.15) is 10.7 Å². The van der Waals surface area contributed by atoms with Gasteiger partial charge in [0.2, 0.25) is 11.6 Å². The first kappa shape index (κ1) is 17.1. The van der Waals surface area contributed by atoms with E-state index in [1.165, 1.54) is 0 Å². The lowest BCUT2D eigenvalue weighted by Gasteiger charge is -2.39. The lowest BCUT2D eigenvalue weighted by molar-refractivity contribution is 0.0945. The maximum absolute atomic E-state index is 12.9. The van der Waals surface area contributed by atoms with Gasteiger partial charge in [0.15, 0.2) is 0 Å². The van der Waals surface area contributed by atoms with Crippen LogP contribution in [0.15, 0.2) is 59.3 Å². The molecule has 4 rings (SSSR count). The Bertz CT molecular complexity index is 914. The third-order valence-corrected chi connectivity index (χ3v) is 5.43. The van der Waals surface area contributed by atoms with Gasteiger partial charge in [-0.3, -0.25) is 9.59 Å². The Hall–Kier alpha value is -2.30. The molecule has 0 spiro atoms. The Morgan fingerprint density at radius 1 is 0.692 bits per heavy atom. The summed E-state index contributed by atoms with van der Waals surface area (Å²) in [5.74, 6) is -0.456. The Labute approximate surface area is 161 Å². The second-order valence-corrected chi connectivity index (χ2v) is 7.13. The van der Waals surface area contributed by atoms with Crippen molar-refractivity contribution in [2.45, 2.75) is 0 Å². The lowest BCUT2D eigenvalue weighted by atomic mass is 9.91. The van der Waals surface area contributed by atoms with Crippen LogP contribution in [-0.4, -0.2) is 42.6 Å². The highest BCUT2D eigenvalue weighted by Crippen LogP contribution is 2.31. The minimum Gasteiger partial charge on any atom is -0.368 e. The van der Waals surface area contributed by atoms with Crippen LogP contribution in [0.1, 0.15) is 20.7 Å². The molecule has 0 atom stereocenters. The molecule has 26 heavy (non-hydrogen) atoms. The van der Waals surface area contributed by atoms with Crippen molar-refractivity contribution < 1.29 is 9.59 Å². The summed E-state index contributed by atoms with van der Waals surface area (Å²) in [5.41, 5.74) is 2.22. The van der Waals surface area contributed by atoms with Crippen molar-refractivity contribution in [3.8, 4) is 0 Å². The number of anilines is 1. The van der Waals surface area contributed by atoms with Crippen molar-refractivity contribution in [3.05, 3.63) is 75.4 Å². The standard InChI is InChI=1S/C20H16Cl2N2O2/c21-13-5-7-14(8-6-13)23-9-11-24(12-10-23)18-17(22)19(25)15-3-1-2-4-16(15)20(18)26/h1-8H,9-12H2. The van der Waals surface area contributed by atoms with E-state index in [-0.39, 0.29) is 16.6 Å². The van der Waals surface area contributed by atoms with Crippen molar-refractivity contribution in [1.29, 1.82) is 0 Å². The molecule has 2 aromatic rings. The highest BCUT2D eigenvalue weighted by molar-refractivity contribution is 6.49. The molecule has 0 radical (unpaired) electrons. The summed E-state index contributed by atoms with van der Waals surface area (Å²) in [5, 5.41) is 0.725. The minimum absolute atomic E-state index is 0.0219. The van der Waals surface area contributed by atoms with E-state index >= 15 is 0 Å². The summed E-state index contributed by atoms with van der Waals surface area (Å²) in [6, 6.07) is 14.5. The highest BCUT2D eigenvalue weighted by atomic mass is 35.5. The monoisotopic (exact) mass is 386 g/mol. The number of piperazine rings is 1. The Kier molecular flexibility index (Phi) is 4.47. The summed E-state index contributed by atoms with van der Waals surface area (Å²) >= 11 is 12.2. The van der Waals surface area contributed by atoms with E-state index in [0.717, 1.165) is 18.8 Å². The molecule has 4 nitrogen and oxygen atoms in total. The van der Waals surface area contributed by atoms with Gasteiger partial charge in [-0.25, -0.2) is 0 Å². The van der Waals surface area contributed by atoms with Crippen LogP contribution < -0.4 is 4.90 Å². The zero-order valence-corrected chi connectivity index (χ0v) is 15.4. The summed E-state index contributed by atoms with van der Waals surface area (Å²) in [7, 11) is 0. The van der Waals surface area contributed by atoms with Crippen LogP contribution in [-0.2, 0) is 0 Å². The molecule has 0 bridgehead atoms. The smallest absolute Gasteiger partial charge is 0.211 e. The van der Waals surface area contributed by atoms with Gasteiger partial charge >= 0.3 is 0 Å². The number of fused-ring (bicyclic) bond motifs is 1. The number of carbonyl (C=O) groups is 2. The molecule has 1 saturated heterocycles. The Morgan fingerprint density at radius 2 is 1.23 bits per heavy atom. The number of carbonyl (C=O) groups excluding carboxylic acids is 2. The SMILES string of the molecule is O=C1C(Cl)=C(N2CCN(c3ccc(Cl)cc3)CC2)C(=O)c2ccccc21. The van der Waals surface area contributed by atoms with Crippen molar-refractivity contribution in [1.82, 2.24) is 4.90 Å². The highest BCUT2D eigenvalue weighted by Gasteiger charge is 2.35. The molecule has 6 heteroatoms. The molecule has 1 fully saturated rings. The minimum atomic E-state index is -0.281. The lowest BCUT2D eigenvalue weighted by Crippen LogP contribution is -2.48. The molecule has 0 amide bonds. The first-order valence-corrected chi connectivity index (χ1v) is 9.15. The number of Topliss-reactive ketones (excluding diaryl/α,β-unsaturated/α-hetero) is 2. The van der Waals surface area contributed by atoms with Gasteiger partial charge in [-0.05, 0) is 24.3 Å². The fourth-order valence-electron chi connectivity index (χ4n) is 3.45. The average Bonchev–Trinajstić information content (AvgIpc) is 2.68. The van der Waals surface area contributed by atoms with Crippen LogP contribution in [0.2, 0.25) is 5.02 Å². The number of rotatable bonds is 2. The number of halogens is 2. The van der Waals surface area contributed by atoms with Gasteiger partial charge in [-0.2, -0.15) is 0 Å². The van der Waals surface area contributed by atoms with E-state index < -0.39 is 0 Å². The van der Waals surface area contributed by atoms with E-state index in [4.69, 9.17) is 23.2 Å². The van der Waals surface area contributed by atoms with E-state index in [9.17, 15) is 9.59 Å². The molecular weight excluding hydrogens is 371 g/mol. The average molecular weight is 387 g/mol. The largest absolute Gasteiger partial charge is 0.368 e. The molecule has 0 unspecified atom stereocenters. The molecular formula is C20H16Cl2N2O2. The van der Waals surface area contributed by atoms with Crippen molar-refractivity contribution in [2.75, 3.05) is 31.1 Å². The zero-order valence-electron chi connectivity index (χ0n) is 13.9. The predicted octanol–water partition coefficient (Wildman–Crippen LogP) is 3.99. The first-order chi connectivity index (χ1) is 12.6. The number of allylic oxidation sites excluding steroid dienone is 2. The van der Waals surface area contributed by atoms with E-state index in [1.807, 2.05) is 29.2 Å². The topological polar surface area (TPSA) is 40.6 Å². The van der Waals surface area contributed by atoms with Gasteiger partial charge in [0.05, 0.1) is 0 Å². The van der Waals surface area contributed by atoms with Crippen LogP contribution in [0.5, 0.6) is 0 Å². The van der Waals surface area contributed by atoms with Crippen molar-refractivity contribution in [3.63, 3.8) is 0 Å². The number of benzene rings is 2. The summed E-state index contributed by atoms with van der Waals surface area (Å²) in [6.07, 6.45) is 0. The van der Waals surface area contributed by atoms with Gasteiger partial charge in [0.25, 0.3) is 0 Å². The summed E-state index contributed by atoms with van der Waals surface area (Å²) in [4.78, 5) is 29.6. The van der Waals surface area contributed by atoms with Gasteiger partial charge in [-0.1, -0.05) is 47.5 Å². The van der Waals surface area contributed by atoms with E-state index in [1.54, 1.807) is 24.3 Å². The quantitative estimate of drug-likeness (QED) is 0.782. The molecule has 2 aromatic carbocycles. The van der Waals surface area contributed by atoms with Crippen LogP contribution in [0.3, 0.4) is 0 Å². The van der Waals surface area contributed by atoms with E-state index in [2.05, 4.69) is 4.90 Å². The maximum atomic E-state index is 12.9. The molecule has 1 aliphatic heterocycles. The van der Waals surface area contributed by atoms with Crippen molar-refractivity contribution >= 4 is 40.5 Å². The Morgan fingerprint density at radius 3 is 1.85 bits per heavy atom. The predicted molar refractivity (Wildman–Crippen MR) is 103 cm³/mol. The second-order valence-electron chi connectivity index (χ2n) is 6.32. The normalized spacial score (nSPS) is 17.6. The zero-order chi connectivity index (χ0) is 18.3. The number of hydrogen-bond donors (Lipinski definition) is 0. The maximum Gasteiger partial charge on any atom is 0.211 e. The van der Waals surface area contributed by atoms with Crippen LogP contribution >= 0.6 is 23.2 Å². The molecule has 0 saturated carbocycles. The van der Waals surface area contributed by atoms with Crippen molar-refractivity contribution in [2.24, 2.45) is 0 Å². The number of hydrogen-bond acceptors (Lipinski definition) is 4. The molecule has 0 N–H and O–H groups in total. The number of ketones is 2. The molecule has 1 aliphatic carbocycles. The molecule has 0 aromatic heterocycles. The summed E-state index contributed by atoms with van der Waals surface area (Å²) < 4.78 is 0. The Balaban J connectivity index is 1.56. The van der Waals surface area contributed by atoms with Crippen LogP contribution in [0, 0.1) is 0 Å². The fraction of sp³-hybridized carbons (Fsp3) is 0.200. The van der Waals surface area contributed by atoms with Gasteiger partial charge < -0.3 is 9.80 Å². The third kappa shape index (κ3) is 2.89. The van der Waals surface area contributed by atoms with Gasteiger partial charge in [-0.15, -0.1) is 0 Å². The fourth-order valence-corrected chi connectivity index (χ4v) is 3.89. The molecule has 132 valence electrons. The van der Waals surface area contributed by atoms with Crippen LogP contribution in [0.25, 0.3) is 0 Å². The van der Waals surface area contributed by atoms with Gasteiger partial charge in [0, 0.05) is 48.0 Å². The molecule has 2 aliphatic rings.